The van der Waals surface area contributed by atoms with Gasteiger partial charge in [-0.1, -0.05) is 33.6 Å². The van der Waals surface area contributed by atoms with Crippen LogP contribution in [0.25, 0.3) is 0 Å². The summed E-state index contributed by atoms with van der Waals surface area (Å²) in [5.41, 5.74) is 0. The Bertz CT molecular complexity index is 182. The van der Waals surface area contributed by atoms with Crippen molar-refractivity contribution >= 4 is 0 Å². The number of piperazine rings is 1. The van der Waals surface area contributed by atoms with Gasteiger partial charge in [0.05, 0.1) is 0 Å². The molecule has 0 aromatic heterocycles. The molecule has 1 aliphatic rings. The van der Waals surface area contributed by atoms with Crippen molar-refractivity contribution in [2.24, 2.45) is 5.92 Å². The first-order valence-electron chi connectivity index (χ1n) is 7.14. The lowest BCUT2D eigenvalue weighted by Gasteiger charge is -2.40. The average molecular weight is 226 g/mol. The van der Waals surface area contributed by atoms with E-state index in [1.807, 2.05) is 0 Å². The smallest absolute Gasteiger partial charge is 0.0221 e. The first-order valence-corrected chi connectivity index (χ1v) is 7.14. The summed E-state index contributed by atoms with van der Waals surface area (Å²) in [6.45, 7) is 13.0. The lowest BCUT2D eigenvalue weighted by atomic mass is 10.0. The van der Waals surface area contributed by atoms with Gasteiger partial charge in [0.25, 0.3) is 0 Å². The minimum atomic E-state index is 0.668. The molecule has 0 spiro atoms. The second-order valence-electron chi connectivity index (χ2n) is 5.60. The molecular weight excluding hydrogens is 196 g/mol. The van der Waals surface area contributed by atoms with Crippen LogP contribution in [0.15, 0.2) is 0 Å². The van der Waals surface area contributed by atoms with E-state index in [0.717, 1.165) is 12.0 Å². The first-order chi connectivity index (χ1) is 7.67. The standard InChI is InChI=1S/C14H30N2/c1-5-7-12(3)10-16-11-13(4)15-9-14(16)8-6-2/h12-15H,5-11H2,1-4H3. The molecule has 1 saturated heterocycles. The van der Waals surface area contributed by atoms with Crippen molar-refractivity contribution < 1.29 is 0 Å². The summed E-state index contributed by atoms with van der Waals surface area (Å²) in [4.78, 5) is 2.73. The van der Waals surface area contributed by atoms with Crippen LogP contribution in [0.3, 0.4) is 0 Å². The Morgan fingerprint density at radius 3 is 2.69 bits per heavy atom. The third-order valence-electron chi connectivity index (χ3n) is 3.68. The van der Waals surface area contributed by atoms with E-state index in [-0.39, 0.29) is 0 Å². The average Bonchev–Trinajstić information content (AvgIpc) is 2.22. The quantitative estimate of drug-likeness (QED) is 0.749. The van der Waals surface area contributed by atoms with Gasteiger partial charge in [-0.05, 0) is 25.7 Å². The van der Waals surface area contributed by atoms with Crippen LogP contribution in [0.1, 0.15) is 53.4 Å². The third kappa shape index (κ3) is 4.42. The van der Waals surface area contributed by atoms with Crippen molar-refractivity contribution in [3.05, 3.63) is 0 Å². The summed E-state index contributed by atoms with van der Waals surface area (Å²) in [5, 5.41) is 3.61. The van der Waals surface area contributed by atoms with Gasteiger partial charge in [-0.15, -0.1) is 0 Å². The summed E-state index contributed by atoms with van der Waals surface area (Å²) in [6, 6.07) is 1.45. The van der Waals surface area contributed by atoms with Gasteiger partial charge >= 0.3 is 0 Å². The topological polar surface area (TPSA) is 15.3 Å². The van der Waals surface area contributed by atoms with Gasteiger partial charge in [0.2, 0.25) is 0 Å². The Hall–Kier alpha value is -0.0800. The lowest BCUT2D eigenvalue weighted by Crippen LogP contribution is -2.56. The minimum Gasteiger partial charge on any atom is -0.311 e. The second kappa shape index (κ2) is 7.29. The molecule has 0 radical (unpaired) electrons. The summed E-state index contributed by atoms with van der Waals surface area (Å²) in [7, 11) is 0. The SMILES string of the molecule is CCCC(C)CN1CC(C)NCC1CCC. The van der Waals surface area contributed by atoms with E-state index in [2.05, 4.69) is 37.9 Å². The minimum absolute atomic E-state index is 0.668. The summed E-state index contributed by atoms with van der Waals surface area (Å²) < 4.78 is 0. The van der Waals surface area contributed by atoms with Gasteiger partial charge in [-0.3, -0.25) is 4.90 Å². The van der Waals surface area contributed by atoms with Crippen molar-refractivity contribution in [2.75, 3.05) is 19.6 Å². The van der Waals surface area contributed by atoms with Crippen molar-refractivity contribution in [1.82, 2.24) is 10.2 Å². The molecule has 0 aromatic rings. The molecule has 0 aromatic carbocycles. The maximum absolute atomic E-state index is 3.61. The van der Waals surface area contributed by atoms with Crippen LogP contribution in [-0.2, 0) is 0 Å². The summed E-state index contributed by atoms with van der Waals surface area (Å²) in [6.07, 6.45) is 5.34. The summed E-state index contributed by atoms with van der Waals surface area (Å²) in [5.74, 6) is 0.856. The zero-order valence-electron chi connectivity index (χ0n) is 11.6. The van der Waals surface area contributed by atoms with Crippen LogP contribution in [0.5, 0.6) is 0 Å². The molecule has 1 aliphatic heterocycles. The molecule has 0 amide bonds. The molecule has 16 heavy (non-hydrogen) atoms. The van der Waals surface area contributed by atoms with Crippen LogP contribution in [0.4, 0.5) is 0 Å². The van der Waals surface area contributed by atoms with Crippen molar-refractivity contribution in [2.45, 2.75) is 65.5 Å². The molecule has 0 saturated carbocycles. The fraction of sp³-hybridized carbons (Fsp3) is 1.00. The predicted molar refractivity (Wildman–Crippen MR) is 71.8 cm³/mol. The number of rotatable bonds is 6. The van der Waals surface area contributed by atoms with Crippen LogP contribution < -0.4 is 5.32 Å². The molecule has 3 atom stereocenters. The highest BCUT2D eigenvalue weighted by molar-refractivity contribution is 4.84. The van der Waals surface area contributed by atoms with Gasteiger partial charge in [0.15, 0.2) is 0 Å². The predicted octanol–water partition coefficient (Wildman–Crippen LogP) is 2.89. The second-order valence-corrected chi connectivity index (χ2v) is 5.60. The van der Waals surface area contributed by atoms with E-state index in [1.54, 1.807) is 0 Å². The Morgan fingerprint density at radius 1 is 1.31 bits per heavy atom. The number of nitrogens with zero attached hydrogens (tertiary/aromatic N) is 1. The van der Waals surface area contributed by atoms with Crippen molar-refractivity contribution in [3.8, 4) is 0 Å². The van der Waals surface area contributed by atoms with E-state index in [1.165, 1.54) is 45.3 Å². The number of nitrogens with one attached hydrogen (secondary N) is 1. The first kappa shape index (κ1) is 14.0. The fourth-order valence-electron chi connectivity index (χ4n) is 2.86. The molecule has 1 N–H and O–H groups in total. The van der Waals surface area contributed by atoms with Crippen molar-refractivity contribution in [3.63, 3.8) is 0 Å². The highest BCUT2D eigenvalue weighted by atomic mass is 15.2. The van der Waals surface area contributed by atoms with E-state index in [9.17, 15) is 0 Å². The van der Waals surface area contributed by atoms with E-state index in [4.69, 9.17) is 0 Å². The Labute approximate surface area is 102 Å². The molecule has 1 heterocycles. The molecule has 3 unspecified atom stereocenters. The molecule has 2 heteroatoms. The molecule has 2 nitrogen and oxygen atoms in total. The molecule has 0 bridgehead atoms. The molecular formula is C14H30N2. The number of hydrogen-bond donors (Lipinski definition) is 1. The van der Waals surface area contributed by atoms with E-state index < -0.39 is 0 Å². The van der Waals surface area contributed by atoms with Gasteiger partial charge in [0.1, 0.15) is 0 Å². The number of hydrogen-bond acceptors (Lipinski definition) is 2. The van der Waals surface area contributed by atoms with E-state index in [0.29, 0.717) is 6.04 Å². The monoisotopic (exact) mass is 226 g/mol. The van der Waals surface area contributed by atoms with Crippen LogP contribution in [0.2, 0.25) is 0 Å². The molecule has 1 rings (SSSR count). The third-order valence-corrected chi connectivity index (χ3v) is 3.68. The van der Waals surface area contributed by atoms with Crippen LogP contribution >= 0.6 is 0 Å². The molecule has 0 aliphatic carbocycles. The maximum atomic E-state index is 3.61. The fourth-order valence-corrected chi connectivity index (χ4v) is 2.86. The van der Waals surface area contributed by atoms with Crippen LogP contribution in [0, 0.1) is 5.92 Å². The maximum Gasteiger partial charge on any atom is 0.0221 e. The van der Waals surface area contributed by atoms with Gasteiger partial charge in [-0.25, -0.2) is 0 Å². The highest BCUT2D eigenvalue weighted by Gasteiger charge is 2.25. The molecule has 1 fully saturated rings. The molecule has 96 valence electrons. The van der Waals surface area contributed by atoms with Crippen LogP contribution in [-0.4, -0.2) is 36.6 Å². The largest absolute Gasteiger partial charge is 0.311 e. The van der Waals surface area contributed by atoms with Gasteiger partial charge in [-0.2, -0.15) is 0 Å². The normalized spacial score (nSPS) is 29.2. The van der Waals surface area contributed by atoms with Gasteiger partial charge < -0.3 is 5.32 Å². The Kier molecular flexibility index (Phi) is 6.37. The Balaban J connectivity index is 2.43. The lowest BCUT2D eigenvalue weighted by molar-refractivity contribution is 0.109. The summed E-state index contributed by atoms with van der Waals surface area (Å²) >= 11 is 0. The Morgan fingerprint density at radius 2 is 2.06 bits per heavy atom. The van der Waals surface area contributed by atoms with Crippen molar-refractivity contribution in [1.29, 1.82) is 0 Å². The zero-order valence-corrected chi connectivity index (χ0v) is 11.6. The highest BCUT2D eigenvalue weighted by Crippen LogP contribution is 2.16. The van der Waals surface area contributed by atoms with Gasteiger partial charge in [0, 0.05) is 31.7 Å². The zero-order chi connectivity index (χ0) is 12.0. The van der Waals surface area contributed by atoms with E-state index >= 15 is 0 Å².